The second-order valence-corrected chi connectivity index (χ2v) is 11.0. The van der Waals surface area contributed by atoms with Gasteiger partial charge in [0.25, 0.3) is 0 Å². The summed E-state index contributed by atoms with van der Waals surface area (Å²) in [6.07, 6.45) is 0. The third-order valence-corrected chi connectivity index (χ3v) is 8.29. The van der Waals surface area contributed by atoms with Gasteiger partial charge in [-0.05, 0) is 51.4 Å². The van der Waals surface area contributed by atoms with Crippen LogP contribution in [0.1, 0.15) is 0 Å². The summed E-state index contributed by atoms with van der Waals surface area (Å²) in [6.45, 7) is 0. The van der Waals surface area contributed by atoms with Crippen LogP contribution in [-0.2, 0) is 0 Å². The van der Waals surface area contributed by atoms with Crippen molar-refractivity contribution in [2.24, 2.45) is 0 Å². The quantitative estimate of drug-likeness (QED) is 0.203. The molecule has 0 aliphatic carbocycles. The van der Waals surface area contributed by atoms with Crippen molar-refractivity contribution in [2.75, 3.05) is 0 Å². The maximum atomic E-state index is 14.9. The molecule has 2 aromatic heterocycles. The van der Waals surface area contributed by atoms with Crippen molar-refractivity contribution in [3.05, 3.63) is 170 Å². The van der Waals surface area contributed by atoms with Crippen molar-refractivity contribution in [3.8, 4) is 55.9 Å². The minimum absolute atomic E-state index is 0.271. The zero-order valence-electron chi connectivity index (χ0n) is 23.9. The van der Waals surface area contributed by atoms with Gasteiger partial charge >= 0.3 is 0 Å². The SMILES string of the molecule is Fc1ccc2cc(-c3ccccc3)n3nc(-c4ccc(-c5ccccc5)cc4)c(-c4ccc(-c5ccccc5)cc4)c3c2c1. The van der Waals surface area contributed by atoms with Crippen LogP contribution in [0.2, 0.25) is 0 Å². The zero-order valence-corrected chi connectivity index (χ0v) is 23.9. The second kappa shape index (κ2) is 10.8. The molecule has 208 valence electrons. The monoisotopic (exact) mass is 566 g/mol. The lowest BCUT2D eigenvalue weighted by atomic mass is 9.94. The lowest BCUT2D eigenvalue weighted by Gasteiger charge is -2.11. The van der Waals surface area contributed by atoms with E-state index in [4.69, 9.17) is 5.10 Å². The lowest BCUT2D eigenvalue weighted by molar-refractivity contribution is 0.630. The summed E-state index contributed by atoms with van der Waals surface area (Å²) in [7, 11) is 0. The van der Waals surface area contributed by atoms with Crippen molar-refractivity contribution in [2.45, 2.75) is 0 Å². The number of fused-ring (bicyclic) bond motifs is 3. The van der Waals surface area contributed by atoms with E-state index in [0.29, 0.717) is 0 Å². The average molecular weight is 567 g/mol. The minimum Gasteiger partial charge on any atom is -0.231 e. The third-order valence-electron chi connectivity index (χ3n) is 8.29. The van der Waals surface area contributed by atoms with Crippen LogP contribution in [0.5, 0.6) is 0 Å². The maximum Gasteiger partial charge on any atom is 0.123 e. The van der Waals surface area contributed by atoms with Crippen LogP contribution in [0.25, 0.3) is 72.2 Å². The van der Waals surface area contributed by atoms with Gasteiger partial charge in [0.1, 0.15) is 11.5 Å². The predicted octanol–water partition coefficient (Wildman–Crippen LogP) is 11.0. The van der Waals surface area contributed by atoms with E-state index in [9.17, 15) is 4.39 Å². The summed E-state index contributed by atoms with van der Waals surface area (Å²) in [5.41, 5.74) is 11.3. The Morgan fingerprint density at radius 2 is 0.909 bits per heavy atom. The highest BCUT2D eigenvalue weighted by Crippen LogP contribution is 2.42. The van der Waals surface area contributed by atoms with Gasteiger partial charge in [-0.1, -0.05) is 146 Å². The molecule has 0 spiro atoms. The molecule has 2 heterocycles. The number of hydrogen-bond acceptors (Lipinski definition) is 1. The first-order chi connectivity index (χ1) is 21.7. The molecule has 0 aliphatic heterocycles. The van der Waals surface area contributed by atoms with E-state index in [1.807, 2.05) is 40.9 Å². The Hall–Kier alpha value is -5.80. The van der Waals surface area contributed by atoms with E-state index >= 15 is 0 Å². The van der Waals surface area contributed by atoms with E-state index in [2.05, 4.69) is 115 Å². The molecule has 8 aromatic rings. The Bertz CT molecular complexity index is 2240. The number of nitrogens with zero attached hydrogens (tertiary/aromatic N) is 2. The van der Waals surface area contributed by atoms with Crippen LogP contribution in [0.3, 0.4) is 0 Å². The Labute approximate surface area is 255 Å². The van der Waals surface area contributed by atoms with Gasteiger partial charge in [-0.2, -0.15) is 5.10 Å². The molecule has 0 bridgehead atoms. The molecular formula is C41H27FN2. The van der Waals surface area contributed by atoms with E-state index in [1.54, 1.807) is 6.07 Å². The first-order valence-corrected chi connectivity index (χ1v) is 14.7. The molecular weight excluding hydrogens is 539 g/mol. The number of rotatable bonds is 5. The van der Waals surface area contributed by atoms with Crippen LogP contribution in [-0.4, -0.2) is 9.61 Å². The number of aromatic nitrogens is 2. The molecule has 0 N–H and O–H groups in total. The van der Waals surface area contributed by atoms with Gasteiger partial charge in [0.15, 0.2) is 0 Å². The van der Waals surface area contributed by atoms with Gasteiger partial charge in [-0.25, -0.2) is 8.91 Å². The van der Waals surface area contributed by atoms with Crippen LogP contribution in [0.4, 0.5) is 4.39 Å². The summed E-state index contributed by atoms with van der Waals surface area (Å²) >= 11 is 0. The summed E-state index contributed by atoms with van der Waals surface area (Å²) < 4.78 is 16.9. The van der Waals surface area contributed by atoms with E-state index in [0.717, 1.165) is 66.6 Å². The van der Waals surface area contributed by atoms with Gasteiger partial charge in [-0.3, -0.25) is 0 Å². The summed E-state index contributed by atoms with van der Waals surface area (Å²) in [5.74, 6) is -0.271. The molecule has 44 heavy (non-hydrogen) atoms. The highest BCUT2D eigenvalue weighted by molar-refractivity contribution is 6.08. The second-order valence-electron chi connectivity index (χ2n) is 11.0. The Kier molecular flexibility index (Phi) is 6.35. The largest absolute Gasteiger partial charge is 0.231 e. The van der Waals surface area contributed by atoms with Crippen LogP contribution >= 0.6 is 0 Å². The number of hydrogen-bond donors (Lipinski definition) is 0. The van der Waals surface area contributed by atoms with Gasteiger partial charge in [0.05, 0.1) is 11.2 Å². The molecule has 0 saturated carbocycles. The number of halogens is 1. The fourth-order valence-corrected chi connectivity index (χ4v) is 6.11. The van der Waals surface area contributed by atoms with Crippen LogP contribution in [0.15, 0.2) is 164 Å². The number of pyridine rings is 1. The minimum atomic E-state index is -0.271. The first kappa shape index (κ1) is 25.9. The van der Waals surface area contributed by atoms with Crippen molar-refractivity contribution >= 4 is 16.3 Å². The summed E-state index contributed by atoms with van der Waals surface area (Å²) in [5, 5.41) is 7.08. The highest BCUT2D eigenvalue weighted by Gasteiger charge is 2.22. The van der Waals surface area contributed by atoms with Crippen molar-refractivity contribution in [1.29, 1.82) is 0 Å². The molecule has 0 fully saturated rings. The van der Waals surface area contributed by atoms with Gasteiger partial charge in [0.2, 0.25) is 0 Å². The molecule has 3 heteroatoms. The average Bonchev–Trinajstić information content (AvgIpc) is 3.50. The standard InChI is InChI=1S/C41H27FN2/c42-36-25-24-35-26-38(32-14-8-3-9-15-32)44-41(37(35)27-36)39(33-20-16-30(17-21-33)28-10-4-1-5-11-28)40(43-44)34-22-18-31(19-23-34)29-12-6-2-7-13-29/h1-27H. The molecule has 0 aliphatic rings. The topological polar surface area (TPSA) is 17.3 Å². The molecule has 6 aromatic carbocycles. The van der Waals surface area contributed by atoms with Crippen molar-refractivity contribution < 1.29 is 4.39 Å². The van der Waals surface area contributed by atoms with E-state index < -0.39 is 0 Å². The van der Waals surface area contributed by atoms with E-state index in [-0.39, 0.29) is 5.82 Å². The van der Waals surface area contributed by atoms with Crippen LogP contribution in [0, 0.1) is 5.82 Å². The third kappa shape index (κ3) is 4.56. The fraction of sp³-hybridized carbons (Fsp3) is 0. The molecule has 0 unspecified atom stereocenters. The number of benzene rings is 6. The van der Waals surface area contributed by atoms with E-state index in [1.165, 1.54) is 11.6 Å². The Morgan fingerprint density at radius 1 is 0.432 bits per heavy atom. The first-order valence-electron chi connectivity index (χ1n) is 14.7. The molecule has 8 rings (SSSR count). The van der Waals surface area contributed by atoms with Gasteiger partial charge < -0.3 is 0 Å². The maximum absolute atomic E-state index is 14.9. The molecule has 0 radical (unpaired) electrons. The van der Waals surface area contributed by atoms with Crippen LogP contribution < -0.4 is 0 Å². The lowest BCUT2D eigenvalue weighted by Crippen LogP contribution is -1.96. The molecule has 0 amide bonds. The van der Waals surface area contributed by atoms with Gasteiger partial charge in [0, 0.05) is 22.1 Å². The molecule has 0 atom stereocenters. The highest BCUT2D eigenvalue weighted by atomic mass is 19.1. The van der Waals surface area contributed by atoms with Crippen molar-refractivity contribution in [3.63, 3.8) is 0 Å². The predicted molar refractivity (Wildman–Crippen MR) is 180 cm³/mol. The smallest absolute Gasteiger partial charge is 0.123 e. The normalized spacial score (nSPS) is 11.3. The molecule has 2 nitrogen and oxygen atoms in total. The fourth-order valence-electron chi connectivity index (χ4n) is 6.11. The summed E-state index contributed by atoms with van der Waals surface area (Å²) in [6, 6.07) is 55.3. The molecule has 0 saturated heterocycles. The summed E-state index contributed by atoms with van der Waals surface area (Å²) in [4.78, 5) is 0. The zero-order chi connectivity index (χ0) is 29.5. The Morgan fingerprint density at radius 3 is 1.48 bits per heavy atom. The van der Waals surface area contributed by atoms with Gasteiger partial charge in [-0.15, -0.1) is 0 Å². The Balaban J connectivity index is 1.41. The van der Waals surface area contributed by atoms with Crippen molar-refractivity contribution in [1.82, 2.24) is 9.61 Å².